The van der Waals surface area contributed by atoms with Crippen LogP contribution in [0.15, 0.2) is 0 Å². The molecule has 0 N–H and O–H groups in total. The summed E-state index contributed by atoms with van der Waals surface area (Å²) in [6.07, 6.45) is 7.62. The second-order valence-electron chi connectivity index (χ2n) is 6.08. The van der Waals surface area contributed by atoms with Crippen LogP contribution in [0, 0.1) is 17.3 Å². The van der Waals surface area contributed by atoms with Crippen molar-refractivity contribution in [2.75, 3.05) is 0 Å². The van der Waals surface area contributed by atoms with E-state index >= 15 is 0 Å². The Balaban J connectivity index is 1.98. The van der Waals surface area contributed by atoms with Crippen LogP contribution >= 0.6 is 0 Å². The van der Waals surface area contributed by atoms with Crippen LogP contribution in [0.4, 0.5) is 0 Å². The first-order valence-electron chi connectivity index (χ1n) is 6.76. The van der Waals surface area contributed by atoms with E-state index in [-0.39, 0.29) is 18.0 Å². The number of unbranched alkanes of at least 4 members (excludes halogenated alkanes) is 1. The van der Waals surface area contributed by atoms with Crippen LogP contribution in [0.1, 0.15) is 59.3 Å². The highest BCUT2D eigenvalue weighted by Gasteiger charge is 2.48. The lowest BCUT2D eigenvalue weighted by Gasteiger charge is -2.39. The standard InChI is InChI=1S/C14H24O2/c1-4-5-7-14(3)8-6-11-10(2)13(15)16-12(11)9-14/h10-12H,4-9H2,1-3H3/t10-,11-,12+,14?/m0/s1. The molecule has 1 unspecified atom stereocenters. The predicted molar refractivity (Wildman–Crippen MR) is 64.0 cm³/mol. The van der Waals surface area contributed by atoms with Crippen molar-refractivity contribution < 1.29 is 9.53 Å². The Kier molecular flexibility index (Phi) is 3.27. The predicted octanol–water partition coefficient (Wildman–Crippen LogP) is 3.54. The summed E-state index contributed by atoms with van der Waals surface area (Å²) in [5.41, 5.74) is 0.418. The van der Waals surface area contributed by atoms with Crippen molar-refractivity contribution in [2.24, 2.45) is 17.3 Å². The summed E-state index contributed by atoms with van der Waals surface area (Å²) in [5.74, 6) is 0.678. The molecule has 0 aromatic heterocycles. The summed E-state index contributed by atoms with van der Waals surface area (Å²) in [6.45, 7) is 6.64. The van der Waals surface area contributed by atoms with Crippen molar-refractivity contribution >= 4 is 5.97 Å². The lowest BCUT2D eigenvalue weighted by molar-refractivity contribution is -0.145. The van der Waals surface area contributed by atoms with Gasteiger partial charge in [0.05, 0.1) is 5.92 Å². The largest absolute Gasteiger partial charge is 0.462 e. The molecule has 0 aromatic carbocycles. The molecule has 1 aliphatic heterocycles. The van der Waals surface area contributed by atoms with Crippen molar-refractivity contribution in [2.45, 2.75) is 65.4 Å². The van der Waals surface area contributed by atoms with Gasteiger partial charge >= 0.3 is 5.97 Å². The maximum absolute atomic E-state index is 11.5. The second-order valence-corrected chi connectivity index (χ2v) is 6.08. The van der Waals surface area contributed by atoms with Gasteiger partial charge in [0.2, 0.25) is 0 Å². The third-order valence-corrected chi connectivity index (χ3v) is 4.67. The van der Waals surface area contributed by atoms with Crippen LogP contribution < -0.4 is 0 Å². The maximum Gasteiger partial charge on any atom is 0.309 e. The van der Waals surface area contributed by atoms with E-state index in [0.29, 0.717) is 11.3 Å². The lowest BCUT2D eigenvalue weighted by atomic mass is 9.66. The zero-order chi connectivity index (χ0) is 11.8. The third-order valence-electron chi connectivity index (χ3n) is 4.67. The van der Waals surface area contributed by atoms with Gasteiger partial charge in [-0.1, -0.05) is 33.6 Å². The molecule has 4 atom stereocenters. The molecule has 1 saturated heterocycles. The first kappa shape index (κ1) is 11.9. The van der Waals surface area contributed by atoms with Gasteiger partial charge in [-0.25, -0.2) is 0 Å². The summed E-state index contributed by atoms with van der Waals surface area (Å²) in [6, 6.07) is 0. The molecule has 0 spiro atoms. The average Bonchev–Trinajstić information content (AvgIpc) is 2.51. The van der Waals surface area contributed by atoms with Gasteiger partial charge in [-0.2, -0.15) is 0 Å². The average molecular weight is 224 g/mol. The summed E-state index contributed by atoms with van der Waals surface area (Å²) < 4.78 is 5.51. The fraction of sp³-hybridized carbons (Fsp3) is 0.929. The molecule has 2 heteroatoms. The molecule has 2 fully saturated rings. The molecule has 2 rings (SSSR count). The lowest BCUT2D eigenvalue weighted by Crippen LogP contribution is -2.34. The van der Waals surface area contributed by atoms with E-state index in [2.05, 4.69) is 13.8 Å². The molecular formula is C14H24O2. The Morgan fingerprint density at radius 2 is 2.25 bits per heavy atom. The quantitative estimate of drug-likeness (QED) is 0.685. The van der Waals surface area contributed by atoms with Gasteiger partial charge < -0.3 is 4.74 Å². The smallest absolute Gasteiger partial charge is 0.309 e. The van der Waals surface area contributed by atoms with Gasteiger partial charge in [0.25, 0.3) is 0 Å². The third kappa shape index (κ3) is 2.11. The van der Waals surface area contributed by atoms with E-state index in [4.69, 9.17) is 4.74 Å². The van der Waals surface area contributed by atoms with E-state index in [1.807, 2.05) is 6.92 Å². The Hall–Kier alpha value is -0.530. The van der Waals surface area contributed by atoms with E-state index in [1.165, 1.54) is 32.1 Å². The highest BCUT2D eigenvalue weighted by molar-refractivity contribution is 5.74. The minimum Gasteiger partial charge on any atom is -0.462 e. The van der Waals surface area contributed by atoms with Gasteiger partial charge in [-0.15, -0.1) is 0 Å². The Labute approximate surface area is 98.7 Å². The van der Waals surface area contributed by atoms with Gasteiger partial charge in [-0.05, 0) is 31.1 Å². The molecule has 1 saturated carbocycles. The first-order chi connectivity index (χ1) is 7.56. The van der Waals surface area contributed by atoms with Gasteiger partial charge in [0, 0.05) is 5.92 Å². The Morgan fingerprint density at radius 3 is 2.94 bits per heavy atom. The topological polar surface area (TPSA) is 26.3 Å². The maximum atomic E-state index is 11.5. The van der Waals surface area contributed by atoms with Crippen molar-refractivity contribution in [3.63, 3.8) is 0 Å². The summed E-state index contributed by atoms with van der Waals surface area (Å²) >= 11 is 0. The fourth-order valence-electron chi connectivity index (χ4n) is 3.40. The van der Waals surface area contributed by atoms with Crippen molar-refractivity contribution in [1.82, 2.24) is 0 Å². The molecule has 1 heterocycles. The van der Waals surface area contributed by atoms with E-state index < -0.39 is 0 Å². The Bertz CT molecular complexity index is 274. The zero-order valence-electron chi connectivity index (χ0n) is 10.8. The van der Waals surface area contributed by atoms with Gasteiger partial charge in [0.1, 0.15) is 6.10 Å². The molecule has 1 aliphatic carbocycles. The van der Waals surface area contributed by atoms with Crippen LogP contribution in [0.5, 0.6) is 0 Å². The molecule has 92 valence electrons. The summed E-state index contributed by atoms with van der Waals surface area (Å²) in [5, 5.41) is 0. The number of hydrogen-bond donors (Lipinski definition) is 0. The second kappa shape index (κ2) is 4.38. The first-order valence-corrected chi connectivity index (χ1v) is 6.76. The molecule has 0 bridgehead atoms. The van der Waals surface area contributed by atoms with E-state index in [1.54, 1.807) is 0 Å². The van der Waals surface area contributed by atoms with Crippen LogP contribution in [-0.2, 0) is 9.53 Å². The molecule has 2 nitrogen and oxygen atoms in total. The number of esters is 1. The highest BCUT2D eigenvalue weighted by atomic mass is 16.6. The van der Waals surface area contributed by atoms with Crippen molar-refractivity contribution in [3.8, 4) is 0 Å². The summed E-state index contributed by atoms with van der Waals surface area (Å²) in [4.78, 5) is 11.5. The number of rotatable bonds is 3. The Morgan fingerprint density at radius 1 is 1.50 bits per heavy atom. The molecular weight excluding hydrogens is 200 g/mol. The number of carbonyl (C=O) groups is 1. The van der Waals surface area contributed by atoms with Crippen molar-refractivity contribution in [1.29, 1.82) is 0 Å². The van der Waals surface area contributed by atoms with Gasteiger partial charge in [0.15, 0.2) is 0 Å². The molecule has 0 amide bonds. The van der Waals surface area contributed by atoms with Crippen molar-refractivity contribution in [3.05, 3.63) is 0 Å². The minimum absolute atomic E-state index is 0.0368. The summed E-state index contributed by atoms with van der Waals surface area (Å²) in [7, 11) is 0. The molecule has 16 heavy (non-hydrogen) atoms. The van der Waals surface area contributed by atoms with E-state index in [0.717, 1.165) is 6.42 Å². The normalized spacial score (nSPS) is 42.9. The minimum atomic E-state index is 0.0368. The SMILES string of the molecule is CCCCC1(C)CC[C@H]2[C@H](C)C(=O)O[C@@H]2C1. The molecule has 0 radical (unpaired) electrons. The van der Waals surface area contributed by atoms with Crippen LogP contribution in [0.25, 0.3) is 0 Å². The molecule has 2 aliphatic rings. The zero-order valence-corrected chi connectivity index (χ0v) is 10.8. The van der Waals surface area contributed by atoms with Crippen LogP contribution in [0.3, 0.4) is 0 Å². The number of hydrogen-bond acceptors (Lipinski definition) is 2. The number of fused-ring (bicyclic) bond motifs is 1. The number of carbonyl (C=O) groups excluding carboxylic acids is 1. The number of ether oxygens (including phenoxy) is 1. The van der Waals surface area contributed by atoms with Crippen LogP contribution in [-0.4, -0.2) is 12.1 Å². The monoisotopic (exact) mass is 224 g/mol. The fourth-order valence-corrected chi connectivity index (χ4v) is 3.40. The molecule has 0 aromatic rings. The highest BCUT2D eigenvalue weighted by Crippen LogP contribution is 2.48. The van der Waals surface area contributed by atoms with E-state index in [9.17, 15) is 4.79 Å². The van der Waals surface area contributed by atoms with Crippen LogP contribution in [0.2, 0.25) is 0 Å². The van der Waals surface area contributed by atoms with Gasteiger partial charge in [-0.3, -0.25) is 4.79 Å².